The van der Waals surface area contributed by atoms with Gasteiger partial charge in [-0.3, -0.25) is 4.98 Å². The van der Waals surface area contributed by atoms with Crippen LogP contribution in [0.5, 0.6) is 5.75 Å². The first-order valence-electron chi connectivity index (χ1n) is 7.92. The minimum absolute atomic E-state index is 0.606. The third kappa shape index (κ3) is 3.26. The number of hydrogen-bond acceptors (Lipinski definition) is 5. The van der Waals surface area contributed by atoms with Crippen LogP contribution in [0.4, 0.5) is 11.5 Å². The molecule has 1 N–H and O–H groups in total. The molecule has 2 aromatic heterocycles. The van der Waals surface area contributed by atoms with Crippen LogP contribution in [0.25, 0.3) is 22.4 Å². The second-order valence-electron chi connectivity index (χ2n) is 5.51. The molecular weight excluding hydrogens is 312 g/mol. The zero-order valence-corrected chi connectivity index (χ0v) is 13.7. The molecule has 0 amide bonds. The summed E-state index contributed by atoms with van der Waals surface area (Å²) in [7, 11) is 1.65. The number of aromatic nitrogens is 3. The Hall–Kier alpha value is -3.47. The van der Waals surface area contributed by atoms with Crippen molar-refractivity contribution in [1.29, 1.82) is 0 Å². The first-order valence-corrected chi connectivity index (χ1v) is 7.92. The second kappa shape index (κ2) is 6.57. The highest BCUT2D eigenvalue weighted by molar-refractivity contribution is 5.76. The number of pyridine rings is 1. The highest BCUT2D eigenvalue weighted by atomic mass is 16.5. The number of anilines is 2. The first kappa shape index (κ1) is 15.1. The number of para-hydroxylation sites is 1. The number of fused-ring (bicyclic) bond motifs is 1. The summed E-state index contributed by atoms with van der Waals surface area (Å²) in [4.78, 5) is 13.7. The van der Waals surface area contributed by atoms with Gasteiger partial charge in [0.15, 0.2) is 5.65 Å². The van der Waals surface area contributed by atoms with Crippen molar-refractivity contribution in [2.24, 2.45) is 0 Å². The van der Waals surface area contributed by atoms with Gasteiger partial charge in [-0.15, -0.1) is 0 Å². The molecule has 0 saturated carbocycles. The summed E-state index contributed by atoms with van der Waals surface area (Å²) >= 11 is 0. The molecule has 5 heteroatoms. The van der Waals surface area contributed by atoms with Gasteiger partial charge in [-0.05, 0) is 48.5 Å². The van der Waals surface area contributed by atoms with Crippen LogP contribution in [-0.2, 0) is 0 Å². The summed E-state index contributed by atoms with van der Waals surface area (Å²) in [5, 5.41) is 3.27. The Morgan fingerprint density at radius 1 is 0.840 bits per heavy atom. The van der Waals surface area contributed by atoms with Crippen LogP contribution in [-0.4, -0.2) is 22.1 Å². The number of methoxy groups -OCH3 is 1. The SMILES string of the molecule is COc1ccc(-c2cnc3ccc(Nc4ccccc4)nc3n2)cc1. The van der Waals surface area contributed by atoms with Crippen LogP contribution in [0, 0.1) is 0 Å². The van der Waals surface area contributed by atoms with Gasteiger partial charge in [-0.25, -0.2) is 9.97 Å². The zero-order valence-electron chi connectivity index (χ0n) is 13.7. The number of nitrogens with zero attached hydrogens (tertiary/aromatic N) is 3. The maximum absolute atomic E-state index is 5.19. The van der Waals surface area contributed by atoms with E-state index in [9.17, 15) is 0 Å². The lowest BCUT2D eigenvalue weighted by atomic mass is 10.1. The van der Waals surface area contributed by atoms with Crippen molar-refractivity contribution in [2.75, 3.05) is 12.4 Å². The smallest absolute Gasteiger partial charge is 0.180 e. The van der Waals surface area contributed by atoms with Gasteiger partial charge >= 0.3 is 0 Å². The minimum atomic E-state index is 0.606. The minimum Gasteiger partial charge on any atom is -0.497 e. The van der Waals surface area contributed by atoms with Crippen molar-refractivity contribution in [3.8, 4) is 17.0 Å². The molecule has 0 atom stereocenters. The molecule has 0 aliphatic heterocycles. The molecule has 2 heterocycles. The summed E-state index contributed by atoms with van der Waals surface area (Å²) in [6.07, 6.45) is 1.76. The van der Waals surface area contributed by atoms with Gasteiger partial charge in [-0.2, -0.15) is 0 Å². The topological polar surface area (TPSA) is 59.9 Å². The summed E-state index contributed by atoms with van der Waals surface area (Å²) in [6, 6.07) is 21.5. The second-order valence-corrected chi connectivity index (χ2v) is 5.51. The normalized spacial score (nSPS) is 10.6. The van der Waals surface area contributed by atoms with E-state index in [1.165, 1.54) is 0 Å². The summed E-state index contributed by atoms with van der Waals surface area (Å²) in [6.45, 7) is 0. The molecule has 25 heavy (non-hydrogen) atoms. The molecule has 2 aromatic carbocycles. The Morgan fingerprint density at radius 2 is 1.64 bits per heavy atom. The van der Waals surface area contributed by atoms with E-state index in [-0.39, 0.29) is 0 Å². The van der Waals surface area contributed by atoms with Crippen molar-refractivity contribution in [3.05, 3.63) is 72.9 Å². The molecule has 0 spiro atoms. The predicted octanol–water partition coefficient (Wildman–Crippen LogP) is 4.44. The van der Waals surface area contributed by atoms with Crippen molar-refractivity contribution < 1.29 is 4.74 Å². The fraction of sp³-hybridized carbons (Fsp3) is 0.0500. The third-order valence-electron chi connectivity index (χ3n) is 3.84. The van der Waals surface area contributed by atoms with Gasteiger partial charge in [-0.1, -0.05) is 18.2 Å². The average molecular weight is 328 g/mol. The molecule has 4 rings (SSSR count). The lowest BCUT2D eigenvalue weighted by Crippen LogP contribution is -1.96. The molecule has 5 nitrogen and oxygen atoms in total. The van der Waals surface area contributed by atoms with Crippen LogP contribution < -0.4 is 10.1 Å². The van der Waals surface area contributed by atoms with Crippen LogP contribution in [0.1, 0.15) is 0 Å². The predicted molar refractivity (Wildman–Crippen MR) is 99.0 cm³/mol. The summed E-state index contributed by atoms with van der Waals surface area (Å²) < 4.78 is 5.19. The highest BCUT2D eigenvalue weighted by Gasteiger charge is 2.06. The molecule has 0 unspecified atom stereocenters. The van der Waals surface area contributed by atoms with Crippen LogP contribution in [0.2, 0.25) is 0 Å². The van der Waals surface area contributed by atoms with E-state index in [4.69, 9.17) is 4.74 Å². The van der Waals surface area contributed by atoms with Crippen LogP contribution >= 0.6 is 0 Å². The molecular formula is C20H16N4O. The lowest BCUT2D eigenvalue weighted by molar-refractivity contribution is 0.415. The number of rotatable bonds is 4. The Kier molecular flexibility index (Phi) is 3.96. The van der Waals surface area contributed by atoms with Gasteiger partial charge in [0.2, 0.25) is 0 Å². The van der Waals surface area contributed by atoms with Gasteiger partial charge < -0.3 is 10.1 Å². The van der Waals surface area contributed by atoms with Crippen molar-refractivity contribution in [3.63, 3.8) is 0 Å². The van der Waals surface area contributed by atoms with E-state index in [2.05, 4.69) is 20.3 Å². The Morgan fingerprint density at radius 3 is 2.40 bits per heavy atom. The number of ether oxygens (including phenoxy) is 1. The Balaban J connectivity index is 1.68. The van der Waals surface area contributed by atoms with Gasteiger partial charge in [0.05, 0.1) is 19.0 Å². The summed E-state index contributed by atoms with van der Waals surface area (Å²) in [5.74, 6) is 1.55. The van der Waals surface area contributed by atoms with Gasteiger partial charge in [0, 0.05) is 11.3 Å². The average Bonchev–Trinajstić information content (AvgIpc) is 2.68. The lowest BCUT2D eigenvalue weighted by Gasteiger charge is -2.07. The van der Waals surface area contributed by atoms with Crippen LogP contribution in [0.15, 0.2) is 72.9 Å². The van der Waals surface area contributed by atoms with E-state index in [1.54, 1.807) is 13.3 Å². The van der Waals surface area contributed by atoms with Gasteiger partial charge in [0.25, 0.3) is 0 Å². The zero-order chi connectivity index (χ0) is 17.1. The third-order valence-corrected chi connectivity index (χ3v) is 3.84. The van der Waals surface area contributed by atoms with E-state index in [0.29, 0.717) is 5.65 Å². The van der Waals surface area contributed by atoms with E-state index < -0.39 is 0 Å². The molecule has 0 saturated heterocycles. The number of nitrogens with one attached hydrogen (secondary N) is 1. The maximum Gasteiger partial charge on any atom is 0.180 e. The largest absolute Gasteiger partial charge is 0.497 e. The number of hydrogen-bond donors (Lipinski definition) is 1. The molecule has 4 aromatic rings. The molecule has 122 valence electrons. The van der Waals surface area contributed by atoms with E-state index in [0.717, 1.165) is 34.0 Å². The molecule has 0 aliphatic carbocycles. The first-order chi connectivity index (χ1) is 12.3. The van der Waals surface area contributed by atoms with E-state index >= 15 is 0 Å². The Bertz CT molecular complexity index is 1000. The monoisotopic (exact) mass is 328 g/mol. The molecule has 0 radical (unpaired) electrons. The molecule has 0 fully saturated rings. The van der Waals surface area contributed by atoms with Gasteiger partial charge in [0.1, 0.15) is 17.1 Å². The Labute approximate surface area is 145 Å². The van der Waals surface area contributed by atoms with E-state index in [1.807, 2.05) is 66.7 Å². The fourth-order valence-electron chi connectivity index (χ4n) is 2.54. The van der Waals surface area contributed by atoms with Crippen molar-refractivity contribution in [2.45, 2.75) is 0 Å². The molecule has 0 aliphatic rings. The van der Waals surface area contributed by atoms with Crippen molar-refractivity contribution >= 4 is 22.7 Å². The van der Waals surface area contributed by atoms with Crippen LogP contribution in [0.3, 0.4) is 0 Å². The highest BCUT2D eigenvalue weighted by Crippen LogP contribution is 2.22. The standard InChI is InChI=1S/C20H16N4O/c1-25-16-9-7-14(8-10-16)18-13-21-17-11-12-19(24-20(17)23-18)22-15-5-3-2-4-6-15/h2-13H,1H3,(H,22,23,24). The quantitative estimate of drug-likeness (QED) is 0.600. The maximum atomic E-state index is 5.19. The number of benzene rings is 2. The molecule has 0 bridgehead atoms. The fourth-order valence-corrected chi connectivity index (χ4v) is 2.54. The van der Waals surface area contributed by atoms with Crippen molar-refractivity contribution in [1.82, 2.24) is 15.0 Å². The summed E-state index contributed by atoms with van der Waals surface area (Å²) in [5.41, 5.74) is 4.09.